The Hall–Kier alpha value is -1.57. The topological polar surface area (TPSA) is 70.4 Å². The molecule has 0 aromatic heterocycles. The van der Waals surface area contributed by atoms with Crippen LogP contribution in [0, 0.1) is 23.2 Å². The van der Waals surface area contributed by atoms with Gasteiger partial charge in [0.25, 0.3) is 0 Å². The van der Waals surface area contributed by atoms with Crippen molar-refractivity contribution in [2.75, 3.05) is 13.7 Å². The molecule has 0 aliphatic heterocycles. The molecule has 0 aromatic rings. The second-order valence-corrected chi connectivity index (χ2v) is 4.64. The Bertz CT molecular complexity index is 370. The molecule has 0 aromatic carbocycles. The molecule has 5 nitrogen and oxygen atoms in total. The molecule has 92 valence electrons. The molecule has 0 bridgehead atoms. The predicted octanol–water partition coefficient (Wildman–Crippen LogP) is 0.700. The minimum absolute atomic E-state index is 0.0261. The van der Waals surface area contributed by atoms with Crippen LogP contribution in [0.5, 0.6) is 0 Å². The Labute approximate surface area is 100 Å². The van der Waals surface area contributed by atoms with Crippen molar-refractivity contribution < 1.29 is 14.3 Å². The summed E-state index contributed by atoms with van der Waals surface area (Å²) >= 11 is 0. The standard InChI is InChI=1S/C12H16N2O3/c1-17-12(16)10-7-9(10)11(15)14(6-2-5-13)8-3-4-8/h8-10H,2-4,6-7H2,1H3/t9-,10-/m0/s1. The summed E-state index contributed by atoms with van der Waals surface area (Å²) < 4.78 is 4.63. The number of rotatable bonds is 5. The smallest absolute Gasteiger partial charge is 0.309 e. The number of hydrogen-bond acceptors (Lipinski definition) is 4. The third-order valence-electron chi connectivity index (χ3n) is 3.35. The Morgan fingerprint density at radius 3 is 2.65 bits per heavy atom. The average Bonchev–Trinajstić information content (AvgIpc) is 3.18. The van der Waals surface area contributed by atoms with Crippen LogP contribution < -0.4 is 0 Å². The Kier molecular flexibility index (Phi) is 3.32. The molecule has 1 amide bonds. The Morgan fingerprint density at radius 1 is 1.41 bits per heavy atom. The molecule has 2 fully saturated rings. The molecule has 0 N–H and O–H groups in total. The van der Waals surface area contributed by atoms with Crippen molar-refractivity contribution in [1.82, 2.24) is 4.90 Å². The second kappa shape index (κ2) is 4.74. The van der Waals surface area contributed by atoms with Crippen molar-refractivity contribution in [3.8, 4) is 6.07 Å². The summed E-state index contributed by atoms with van der Waals surface area (Å²) in [6, 6.07) is 2.36. The summed E-state index contributed by atoms with van der Waals surface area (Å²) in [5, 5.41) is 8.57. The normalized spacial score (nSPS) is 25.9. The van der Waals surface area contributed by atoms with E-state index >= 15 is 0 Å². The van der Waals surface area contributed by atoms with Crippen molar-refractivity contribution >= 4 is 11.9 Å². The van der Waals surface area contributed by atoms with Crippen LogP contribution in [0.15, 0.2) is 0 Å². The van der Waals surface area contributed by atoms with E-state index in [0.29, 0.717) is 25.4 Å². The van der Waals surface area contributed by atoms with E-state index in [1.165, 1.54) is 7.11 Å². The molecule has 2 atom stereocenters. The molecule has 2 rings (SSSR count). The highest BCUT2D eigenvalue weighted by Crippen LogP contribution is 2.42. The van der Waals surface area contributed by atoms with E-state index in [0.717, 1.165) is 12.8 Å². The number of carbonyl (C=O) groups is 2. The van der Waals surface area contributed by atoms with Crippen LogP contribution >= 0.6 is 0 Å². The molecular formula is C12H16N2O3. The molecule has 2 aliphatic carbocycles. The van der Waals surface area contributed by atoms with Gasteiger partial charge >= 0.3 is 5.97 Å². The number of ether oxygens (including phenoxy) is 1. The van der Waals surface area contributed by atoms with E-state index in [1.54, 1.807) is 4.90 Å². The van der Waals surface area contributed by atoms with Crippen molar-refractivity contribution in [3.05, 3.63) is 0 Å². The molecule has 0 saturated heterocycles. The van der Waals surface area contributed by atoms with Crippen LogP contribution in [0.25, 0.3) is 0 Å². The maximum atomic E-state index is 12.1. The molecule has 0 radical (unpaired) electrons. The lowest BCUT2D eigenvalue weighted by molar-refractivity contribution is -0.145. The first kappa shape index (κ1) is 11.9. The third-order valence-corrected chi connectivity index (χ3v) is 3.35. The van der Waals surface area contributed by atoms with Crippen LogP contribution in [0.4, 0.5) is 0 Å². The monoisotopic (exact) mass is 236 g/mol. The van der Waals surface area contributed by atoms with Gasteiger partial charge < -0.3 is 9.64 Å². The van der Waals surface area contributed by atoms with Crippen molar-refractivity contribution in [1.29, 1.82) is 5.26 Å². The first-order valence-corrected chi connectivity index (χ1v) is 5.94. The van der Waals surface area contributed by atoms with Gasteiger partial charge in [0.05, 0.1) is 31.4 Å². The third kappa shape index (κ3) is 2.57. The van der Waals surface area contributed by atoms with E-state index in [-0.39, 0.29) is 23.7 Å². The Morgan fingerprint density at radius 2 is 2.12 bits per heavy atom. The quantitative estimate of drug-likeness (QED) is 0.659. The summed E-state index contributed by atoms with van der Waals surface area (Å²) in [5.41, 5.74) is 0. The molecule has 0 heterocycles. The minimum atomic E-state index is -0.292. The predicted molar refractivity (Wildman–Crippen MR) is 58.6 cm³/mol. The van der Waals surface area contributed by atoms with E-state index < -0.39 is 0 Å². The largest absolute Gasteiger partial charge is 0.469 e. The number of nitriles is 1. The highest BCUT2D eigenvalue weighted by Gasteiger charge is 2.51. The zero-order valence-corrected chi connectivity index (χ0v) is 9.89. The minimum Gasteiger partial charge on any atom is -0.469 e. The van der Waals surface area contributed by atoms with Crippen LogP contribution in [0.2, 0.25) is 0 Å². The first-order valence-electron chi connectivity index (χ1n) is 5.94. The SMILES string of the molecule is COC(=O)[C@H]1C[C@@H]1C(=O)N(CCC#N)C1CC1. The van der Waals surface area contributed by atoms with Crippen molar-refractivity contribution in [3.63, 3.8) is 0 Å². The van der Waals surface area contributed by atoms with Crippen molar-refractivity contribution in [2.24, 2.45) is 11.8 Å². The molecule has 0 unspecified atom stereocenters. The van der Waals surface area contributed by atoms with Crippen molar-refractivity contribution in [2.45, 2.75) is 31.7 Å². The fourth-order valence-corrected chi connectivity index (χ4v) is 2.12. The zero-order valence-electron chi connectivity index (χ0n) is 9.89. The summed E-state index contributed by atoms with van der Waals surface area (Å²) in [4.78, 5) is 25.2. The lowest BCUT2D eigenvalue weighted by atomic mass is 10.2. The number of nitrogens with zero attached hydrogens (tertiary/aromatic N) is 2. The zero-order chi connectivity index (χ0) is 12.4. The van der Waals surface area contributed by atoms with Crippen LogP contribution in [-0.2, 0) is 14.3 Å². The second-order valence-electron chi connectivity index (χ2n) is 4.64. The molecule has 17 heavy (non-hydrogen) atoms. The van der Waals surface area contributed by atoms with E-state index in [1.807, 2.05) is 0 Å². The lowest BCUT2D eigenvalue weighted by Crippen LogP contribution is -2.35. The maximum absolute atomic E-state index is 12.1. The maximum Gasteiger partial charge on any atom is 0.309 e. The molecular weight excluding hydrogens is 220 g/mol. The van der Waals surface area contributed by atoms with E-state index in [9.17, 15) is 9.59 Å². The number of amides is 1. The summed E-state index contributed by atoms with van der Waals surface area (Å²) in [7, 11) is 1.34. The fraction of sp³-hybridized carbons (Fsp3) is 0.750. The molecule has 5 heteroatoms. The Balaban J connectivity index is 1.90. The molecule has 2 saturated carbocycles. The van der Waals surface area contributed by atoms with Crippen LogP contribution in [0.3, 0.4) is 0 Å². The molecule has 2 aliphatic rings. The average molecular weight is 236 g/mol. The van der Waals surface area contributed by atoms with Gasteiger partial charge in [-0.2, -0.15) is 5.26 Å². The van der Waals surface area contributed by atoms with E-state index in [2.05, 4.69) is 10.8 Å². The lowest BCUT2D eigenvalue weighted by Gasteiger charge is -2.21. The van der Waals surface area contributed by atoms with Gasteiger partial charge in [-0.3, -0.25) is 9.59 Å². The van der Waals surface area contributed by atoms with Crippen LogP contribution in [-0.4, -0.2) is 36.5 Å². The van der Waals surface area contributed by atoms with Gasteiger partial charge in [-0.05, 0) is 19.3 Å². The van der Waals surface area contributed by atoms with Gasteiger partial charge in [-0.25, -0.2) is 0 Å². The summed E-state index contributed by atoms with van der Waals surface area (Å²) in [5.74, 6) is -0.727. The fourth-order valence-electron chi connectivity index (χ4n) is 2.12. The first-order chi connectivity index (χ1) is 8.19. The van der Waals surface area contributed by atoms with Crippen LogP contribution in [0.1, 0.15) is 25.7 Å². The van der Waals surface area contributed by atoms with Gasteiger partial charge in [-0.15, -0.1) is 0 Å². The summed E-state index contributed by atoms with van der Waals surface area (Å²) in [6.07, 6.45) is 3.00. The number of hydrogen-bond donors (Lipinski definition) is 0. The van der Waals surface area contributed by atoms with Gasteiger partial charge in [0.2, 0.25) is 5.91 Å². The van der Waals surface area contributed by atoms with Gasteiger partial charge in [0.1, 0.15) is 0 Å². The highest BCUT2D eigenvalue weighted by atomic mass is 16.5. The van der Waals surface area contributed by atoms with E-state index in [4.69, 9.17) is 5.26 Å². The van der Waals surface area contributed by atoms with Gasteiger partial charge in [0.15, 0.2) is 0 Å². The molecule has 0 spiro atoms. The van der Waals surface area contributed by atoms with Gasteiger partial charge in [0, 0.05) is 12.6 Å². The number of esters is 1. The summed E-state index contributed by atoms with van der Waals surface area (Å²) in [6.45, 7) is 0.490. The number of carbonyl (C=O) groups excluding carboxylic acids is 2. The highest BCUT2D eigenvalue weighted by molar-refractivity contribution is 5.90. The van der Waals surface area contributed by atoms with Gasteiger partial charge in [-0.1, -0.05) is 0 Å². The number of methoxy groups -OCH3 is 1.